The molecule has 0 N–H and O–H groups in total. The Hall–Kier alpha value is -1.84. The standard InChI is InChI=1S/2C12H20O4.2C8H17.Sn/c2*1-3-5-6-9(4-2)7-10(12(15)16)8-11(13)14;2*1-3-5-7-8-6-4-2;/h2*8-9H,3-7H2,1-2H3,(H,13,14)(H,15,16);2*1,3-8H2,2H3;/q;;;;+4/p-4/b2*10-8-;;;. The van der Waals surface area contributed by atoms with Gasteiger partial charge in [-0.25, -0.2) is 0 Å². The molecule has 0 spiro atoms. The summed E-state index contributed by atoms with van der Waals surface area (Å²) in [6, 6.07) is 0. The summed E-state index contributed by atoms with van der Waals surface area (Å²) >= 11 is 0.0736. The van der Waals surface area contributed by atoms with E-state index in [1.165, 1.54) is 64.2 Å². The molecule has 0 aromatic carbocycles. The second-order valence-corrected chi connectivity index (χ2v) is 17.4. The maximum atomic E-state index is 10.7. The molecule has 6 radical (unpaired) electrons. The van der Waals surface area contributed by atoms with E-state index in [1.807, 2.05) is 13.8 Å². The van der Waals surface area contributed by atoms with Crippen molar-refractivity contribution in [3.63, 3.8) is 0 Å². The van der Waals surface area contributed by atoms with Gasteiger partial charge in [0.1, 0.15) is 0 Å². The molecule has 49 heavy (non-hydrogen) atoms. The first-order chi connectivity index (χ1) is 23.4. The van der Waals surface area contributed by atoms with Crippen LogP contribution in [0, 0.1) is 11.8 Å². The number of carbonyl (C=O) groups excluding carboxylic acids is 4. The van der Waals surface area contributed by atoms with Crippen LogP contribution in [0.5, 0.6) is 0 Å². The molecule has 282 valence electrons. The van der Waals surface area contributed by atoms with Crippen LogP contribution in [0.25, 0.3) is 0 Å². The molecule has 0 aliphatic carbocycles. The minimum atomic E-state index is -1.48. The number of unbranched alkanes of at least 4 members (excludes halogenated alkanes) is 12. The van der Waals surface area contributed by atoms with E-state index in [4.69, 9.17) is 0 Å². The molecular formula is C40H70O8Sn. The number of rotatable bonds is 30. The third-order valence-corrected chi connectivity index (χ3v) is 12.7. The summed E-state index contributed by atoms with van der Waals surface area (Å²) in [6.07, 6.45) is 27.2. The predicted molar refractivity (Wildman–Crippen MR) is 194 cm³/mol. The molecule has 0 aliphatic heterocycles. The zero-order chi connectivity index (χ0) is 37.7. The third kappa shape index (κ3) is 38.8. The Bertz CT molecular complexity index is 814. The van der Waals surface area contributed by atoms with Crippen LogP contribution >= 0.6 is 0 Å². The second-order valence-electron chi connectivity index (χ2n) is 13.1. The number of carboxylic acid groups (broad SMARTS) is 4. The third-order valence-electron chi connectivity index (χ3n) is 8.63. The van der Waals surface area contributed by atoms with E-state index < -0.39 is 23.9 Å². The molecule has 0 bridgehead atoms. The van der Waals surface area contributed by atoms with E-state index >= 15 is 0 Å². The van der Waals surface area contributed by atoms with Crippen LogP contribution in [0.4, 0.5) is 0 Å². The van der Waals surface area contributed by atoms with Gasteiger partial charge in [-0.2, -0.15) is 0 Å². The van der Waals surface area contributed by atoms with Crippen LogP contribution in [0.1, 0.15) is 183 Å². The van der Waals surface area contributed by atoms with Crippen LogP contribution in [-0.2, 0) is 19.2 Å². The molecule has 0 rings (SSSR count). The Morgan fingerprint density at radius 2 is 0.776 bits per heavy atom. The zero-order valence-corrected chi connectivity index (χ0v) is 34.9. The summed E-state index contributed by atoms with van der Waals surface area (Å²) in [4.78, 5) is 42.0. The minimum absolute atomic E-state index is 0.0736. The SMILES string of the molecule is CCCCC(CC)C/C(=C/C(=O)[O-])C(=O)[O-].CCCCC(CC)C/C(=C/C(=O)[O-])C(=O)[O-].CCCCCCC[CH2][Sn+4][CH2]CCCCCCC. The summed E-state index contributed by atoms with van der Waals surface area (Å²) in [5.74, 6) is -5.40. The van der Waals surface area contributed by atoms with Gasteiger partial charge in [0.05, 0.1) is 23.9 Å². The van der Waals surface area contributed by atoms with Gasteiger partial charge in [-0.1, -0.05) is 79.1 Å². The molecule has 8 nitrogen and oxygen atoms in total. The molecule has 0 heterocycles. The van der Waals surface area contributed by atoms with Crippen LogP contribution in [0.15, 0.2) is 23.3 Å². The molecule has 0 saturated heterocycles. The first-order valence-corrected chi connectivity index (χ1v) is 23.4. The molecule has 0 fully saturated rings. The van der Waals surface area contributed by atoms with E-state index in [9.17, 15) is 39.6 Å². The number of carbonyl (C=O) groups is 4. The molecule has 9 heteroatoms. The fraction of sp³-hybridized carbons (Fsp3) is 0.800. The summed E-state index contributed by atoms with van der Waals surface area (Å²) in [5.41, 5.74) is -0.356. The fourth-order valence-electron chi connectivity index (χ4n) is 5.38. The Morgan fingerprint density at radius 3 is 1.04 bits per heavy atom. The summed E-state index contributed by atoms with van der Waals surface area (Å²) in [6.45, 7) is 12.6. The average molecular weight is 798 g/mol. The first kappa shape index (κ1) is 51.5. The van der Waals surface area contributed by atoms with Gasteiger partial charge in [-0.05, 0) is 48.0 Å². The topological polar surface area (TPSA) is 161 Å². The Morgan fingerprint density at radius 1 is 0.469 bits per heavy atom. The average Bonchev–Trinajstić information content (AvgIpc) is 3.06. The van der Waals surface area contributed by atoms with E-state index in [2.05, 4.69) is 27.7 Å². The molecule has 0 amide bonds. The summed E-state index contributed by atoms with van der Waals surface area (Å²) in [5, 5.41) is 42.0. The predicted octanol–water partition coefficient (Wildman–Crippen LogP) is 6.29. The van der Waals surface area contributed by atoms with E-state index in [1.54, 1.807) is 21.7 Å². The number of carboxylic acids is 4. The number of aliphatic carboxylic acids is 4. The van der Waals surface area contributed by atoms with Crippen molar-refractivity contribution < 1.29 is 39.6 Å². The molecule has 2 unspecified atom stereocenters. The molecule has 0 aliphatic rings. The van der Waals surface area contributed by atoms with Crippen molar-refractivity contribution in [3.05, 3.63) is 23.3 Å². The quantitative estimate of drug-likeness (QED) is 0.0466. The van der Waals surface area contributed by atoms with Gasteiger partial charge in [-0.3, -0.25) is 0 Å². The maximum absolute atomic E-state index is 10.7. The van der Waals surface area contributed by atoms with Crippen molar-refractivity contribution in [2.24, 2.45) is 11.8 Å². The van der Waals surface area contributed by atoms with Crippen molar-refractivity contribution >= 4 is 45.0 Å². The molecular weight excluding hydrogens is 727 g/mol. The molecule has 0 saturated carbocycles. The van der Waals surface area contributed by atoms with E-state index in [0.29, 0.717) is 12.2 Å². The second kappa shape index (κ2) is 39.0. The van der Waals surface area contributed by atoms with E-state index in [-0.39, 0.29) is 57.0 Å². The van der Waals surface area contributed by atoms with Gasteiger partial charge in [0.2, 0.25) is 0 Å². The molecule has 0 aromatic rings. The van der Waals surface area contributed by atoms with Crippen molar-refractivity contribution in [2.45, 2.75) is 192 Å². The molecule has 2 atom stereocenters. The van der Waals surface area contributed by atoms with Crippen LogP contribution in [-0.4, -0.2) is 45.0 Å². The van der Waals surface area contributed by atoms with Crippen molar-refractivity contribution in [3.8, 4) is 0 Å². The van der Waals surface area contributed by atoms with Crippen LogP contribution in [0.3, 0.4) is 0 Å². The normalized spacial score (nSPS) is 12.6. The first-order valence-electron chi connectivity index (χ1n) is 19.4. The van der Waals surface area contributed by atoms with E-state index in [0.717, 1.165) is 51.4 Å². The van der Waals surface area contributed by atoms with Crippen molar-refractivity contribution in [1.82, 2.24) is 0 Å². The van der Waals surface area contributed by atoms with Crippen LogP contribution in [0.2, 0.25) is 8.87 Å². The number of hydrogen-bond donors (Lipinski definition) is 0. The Labute approximate surface area is 310 Å². The van der Waals surface area contributed by atoms with Gasteiger partial charge < -0.3 is 39.6 Å². The monoisotopic (exact) mass is 798 g/mol. The molecule has 0 aromatic heterocycles. The van der Waals surface area contributed by atoms with Crippen LogP contribution < -0.4 is 20.4 Å². The summed E-state index contributed by atoms with van der Waals surface area (Å²) in [7, 11) is 0. The fourth-order valence-corrected chi connectivity index (χ4v) is 8.95. The van der Waals surface area contributed by atoms with Crippen molar-refractivity contribution in [1.29, 1.82) is 0 Å². The van der Waals surface area contributed by atoms with Gasteiger partial charge >= 0.3 is 121 Å². The van der Waals surface area contributed by atoms with Crippen molar-refractivity contribution in [2.75, 3.05) is 0 Å². The Balaban J connectivity index is -0.000000648. The van der Waals surface area contributed by atoms with Gasteiger partial charge in [0.25, 0.3) is 0 Å². The Kier molecular flexibility index (Phi) is 41.0. The van der Waals surface area contributed by atoms with Gasteiger partial charge in [-0.15, -0.1) is 0 Å². The van der Waals surface area contributed by atoms with Gasteiger partial charge in [0, 0.05) is 0 Å². The zero-order valence-electron chi connectivity index (χ0n) is 32.0. The summed E-state index contributed by atoms with van der Waals surface area (Å²) < 4.78 is 3.31. The van der Waals surface area contributed by atoms with Gasteiger partial charge in [0.15, 0.2) is 0 Å². The number of hydrogen-bond acceptors (Lipinski definition) is 8.